The molecule has 0 aromatic carbocycles. The van der Waals surface area contributed by atoms with Gasteiger partial charge in [-0.1, -0.05) is 0 Å². The number of carbonyl (C=O) groups excluding carboxylic acids is 2. The molecule has 0 aliphatic rings. The van der Waals surface area contributed by atoms with Crippen LogP contribution in [-0.2, 0) is 19.1 Å². The molecule has 0 amide bonds. The SMILES string of the molecule is O=C(CCCCO)OCCCCCCOC(=O)CCCCO. The third-order valence-electron chi connectivity index (χ3n) is 3.14. The topological polar surface area (TPSA) is 93.1 Å². The molecule has 0 aliphatic carbocycles. The molecular weight excluding hydrogens is 288 g/mol. The Morgan fingerprint density at radius 1 is 0.591 bits per heavy atom. The van der Waals surface area contributed by atoms with E-state index in [2.05, 4.69) is 0 Å². The van der Waals surface area contributed by atoms with Crippen molar-refractivity contribution in [3.8, 4) is 0 Å². The molecule has 0 spiro atoms. The van der Waals surface area contributed by atoms with Crippen LogP contribution in [0, 0.1) is 0 Å². The van der Waals surface area contributed by atoms with Crippen molar-refractivity contribution in [2.75, 3.05) is 26.4 Å². The molecule has 6 heteroatoms. The van der Waals surface area contributed by atoms with E-state index in [1.165, 1.54) is 0 Å². The third kappa shape index (κ3) is 15.3. The van der Waals surface area contributed by atoms with Crippen LogP contribution in [0.1, 0.15) is 64.2 Å². The van der Waals surface area contributed by atoms with Gasteiger partial charge in [-0.3, -0.25) is 9.59 Å². The van der Waals surface area contributed by atoms with Crippen molar-refractivity contribution in [2.45, 2.75) is 64.2 Å². The number of aliphatic hydroxyl groups is 2. The molecule has 22 heavy (non-hydrogen) atoms. The van der Waals surface area contributed by atoms with E-state index in [4.69, 9.17) is 19.7 Å². The summed E-state index contributed by atoms with van der Waals surface area (Å²) >= 11 is 0. The number of unbranched alkanes of at least 4 members (excludes halogenated alkanes) is 5. The van der Waals surface area contributed by atoms with Crippen molar-refractivity contribution in [3.63, 3.8) is 0 Å². The maximum absolute atomic E-state index is 11.3. The highest BCUT2D eigenvalue weighted by atomic mass is 16.5. The van der Waals surface area contributed by atoms with Crippen molar-refractivity contribution < 1.29 is 29.3 Å². The summed E-state index contributed by atoms with van der Waals surface area (Å²) < 4.78 is 10.1. The van der Waals surface area contributed by atoms with Gasteiger partial charge in [0.2, 0.25) is 0 Å². The van der Waals surface area contributed by atoms with Gasteiger partial charge in [0, 0.05) is 26.1 Å². The van der Waals surface area contributed by atoms with Gasteiger partial charge < -0.3 is 19.7 Å². The molecule has 0 saturated carbocycles. The highest BCUT2D eigenvalue weighted by Crippen LogP contribution is 2.04. The van der Waals surface area contributed by atoms with Gasteiger partial charge in [0.1, 0.15) is 0 Å². The predicted molar refractivity (Wildman–Crippen MR) is 82.3 cm³/mol. The summed E-state index contributed by atoms with van der Waals surface area (Å²) in [6.45, 7) is 1.08. The van der Waals surface area contributed by atoms with Crippen molar-refractivity contribution in [2.24, 2.45) is 0 Å². The summed E-state index contributed by atoms with van der Waals surface area (Å²) in [5, 5.41) is 17.2. The van der Waals surface area contributed by atoms with Gasteiger partial charge in [0.05, 0.1) is 13.2 Å². The van der Waals surface area contributed by atoms with E-state index < -0.39 is 0 Å². The largest absolute Gasteiger partial charge is 0.466 e. The summed E-state index contributed by atoms with van der Waals surface area (Å²) in [7, 11) is 0. The molecule has 2 N–H and O–H groups in total. The highest BCUT2D eigenvalue weighted by Gasteiger charge is 2.03. The lowest BCUT2D eigenvalue weighted by atomic mass is 10.2. The van der Waals surface area contributed by atoms with Gasteiger partial charge in [-0.2, -0.15) is 0 Å². The second-order valence-electron chi connectivity index (χ2n) is 5.22. The van der Waals surface area contributed by atoms with Crippen LogP contribution >= 0.6 is 0 Å². The lowest BCUT2D eigenvalue weighted by Crippen LogP contribution is -2.07. The summed E-state index contributed by atoms with van der Waals surface area (Å²) in [6, 6.07) is 0. The smallest absolute Gasteiger partial charge is 0.305 e. The van der Waals surface area contributed by atoms with E-state index in [0.29, 0.717) is 51.7 Å². The van der Waals surface area contributed by atoms with Crippen LogP contribution in [0.2, 0.25) is 0 Å². The van der Waals surface area contributed by atoms with Gasteiger partial charge in [-0.05, 0) is 51.4 Å². The lowest BCUT2D eigenvalue weighted by Gasteiger charge is -2.06. The van der Waals surface area contributed by atoms with Crippen LogP contribution in [-0.4, -0.2) is 48.6 Å². The lowest BCUT2D eigenvalue weighted by molar-refractivity contribution is -0.145. The zero-order chi connectivity index (χ0) is 16.5. The number of rotatable bonds is 15. The normalized spacial score (nSPS) is 10.5. The van der Waals surface area contributed by atoms with E-state index in [-0.39, 0.29) is 25.2 Å². The summed E-state index contributed by atoms with van der Waals surface area (Å²) in [5.74, 6) is -0.407. The third-order valence-corrected chi connectivity index (χ3v) is 3.14. The van der Waals surface area contributed by atoms with E-state index in [0.717, 1.165) is 25.7 Å². The van der Waals surface area contributed by atoms with E-state index in [1.54, 1.807) is 0 Å². The average molecular weight is 318 g/mol. The Morgan fingerprint density at radius 2 is 1.00 bits per heavy atom. The summed E-state index contributed by atoms with van der Waals surface area (Å²) in [6.07, 6.45) is 6.84. The van der Waals surface area contributed by atoms with Crippen molar-refractivity contribution >= 4 is 11.9 Å². The Bertz CT molecular complexity index is 252. The Kier molecular flexibility index (Phi) is 15.4. The predicted octanol–water partition coefficient (Wildman–Crippen LogP) is 1.96. The first-order valence-electron chi connectivity index (χ1n) is 8.23. The fraction of sp³-hybridized carbons (Fsp3) is 0.875. The zero-order valence-corrected chi connectivity index (χ0v) is 13.4. The Hall–Kier alpha value is -1.14. The molecule has 0 fully saturated rings. The Morgan fingerprint density at radius 3 is 1.36 bits per heavy atom. The van der Waals surface area contributed by atoms with Gasteiger partial charge in [0.15, 0.2) is 0 Å². The molecule has 0 radical (unpaired) electrons. The van der Waals surface area contributed by atoms with Crippen LogP contribution in [0.15, 0.2) is 0 Å². The van der Waals surface area contributed by atoms with Crippen LogP contribution in [0.4, 0.5) is 0 Å². The van der Waals surface area contributed by atoms with E-state index in [1.807, 2.05) is 0 Å². The minimum atomic E-state index is -0.203. The van der Waals surface area contributed by atoms with Crippen LogP contribution in [0.25, 0.3) is 0 Å². The second-order valence-corrected chi connectivity index (χ2v) is 5.22. The van der Waals surface area contributed by atoms with Crippen molar-refractivity contribution in [1.29, 1.82) is 0 Å². The average Bonchev–Trinajstić information content (AvgIpc) is 2.50. The van der Waals surface area contributed by atoms with Gasteiger partial charge in [-0.15, -0.1) is 0 Å². The fourth-order valence-electron chi connectivity index (χ4n) is 1.84. The Balaban J connectivity index is 3.23. The first kappa shape index (κ1) is 20.9. The molecule has 0 rings (SSSR count). The molecule has 6 nitrogen and oxygen atoms in total. The minimum Gasteiger partial charge on any atom is -0.466 e. The monoisotopic (exact) mass is 318 g/mol. The standard InChI is InChI=1S/C16H30O6/c17-11-5-3-9-15(19)21-13-7-1-2-8-14-22-16(20)10-4-6-12-18/h17-18H,1-14H2. The van der Waals surface area contributed by atoms with Gasteiger partial charge >= 0.3 is 11.9 Å². The fourth-order valence-corrected chi connectivity index (χ4v) is 1.84. The number of aliphatic hydroxyl groups excluding tert-OH is 2. The number of ether oxygens (including phenoxy) is 2. The van der Waals surface area contributed by atoms with Crippen LogP contribution in [0.3, 0.4) is 0 Å². The van der Waals surface area contributed by atoms with E-state index in [9.17, 15) is 9.59 Å². The minimum absolute atomic E-state index is 0.110. The molecule has 0 bridgehead atoms. The zero-order valence-electron chi connectivity index (χ0n) is 13.4. The van der Waals surface area contributed by atoms with E-state index >= 15 is 0 Å². The van der Waals surface area contributed by atoms with Crippen molar-refractivity contribution in [1.82, 2.24) is 0 Å². The quantitative estimate of drug-likeness (QED) is 0.354. The molecule has 130 valence electrons. The first-order valence-corrected chi connectivity index (χ1v) is 8.23. The molecular formula is C16H30O6. The molecule has 0 saturated heterocycles. The van der Waals surface area contributed by atoms with Gasteiger partial charge in [0.25, 0.3) is 0 Å². The maximum Gasteiger partial charge on any atom is 0.305 e. The Labute approximate surface area is 132 Å². The van der Waals surface area contributed by atoms with Crippen LogP contribution in [0.5, 0.6) is 0 Å². The molecule has 0 aromatic heterocycles. The molecule has 0 atom stereocenters. The molecule has 0 unspecified atom stereocenters. The van der Waals surface area contributed by atoms with Crippen molar-refractivity contribution in [3.05, 3.63) is 0 Å². The summed E-state index contributed by atoms with van der Waals surface area (Å²) in [4.78, 5) is 22.5. The molecule has 0 heterocycles. The number of hydrogen-bond donors (Lipinski definition) is 2. The maximum atomic E-state index is 11.3. The van der Waals surface area contributed by atoms with Gasteiger partial charge in [-0.25, -0.2) is 0 Å². The molecule has 0 aliphatic heterocycles. The van der Waals surface area contributed by atoms with Crippen LogP contribution < -0.4 is 0 Å². The number of esters is 2. The summed E-state index contributed by atoms with van der Waals surface area (Å²) in [5.41, 5.74) is 0. The number of carbonyl (C=O) groups is 2. The highest BCUT2D eigenvalue weighted by molar-refractivity contribution is 5.69. The first-order chi connectivity index (χ1) is 10.7. The number of hydrogen-bond acceptors (Lipinski definition) is 6. The second kappa shape index (κ2) is 16.2. The molecule has 0 aromatic rings.